The minimum absolute atomic E-state index is 0. The number of β-lactam (4-membered cyclic amide) rings is 1. The maximum absolute atomic E-state index is 13.3. The highest BCUT2D eigenvalue weighted by Gasteiger charge is 2.60. The average molecular weight is 714 g/mol. The zero-order valence-electron chi connectivity index (χ0n) is 23.2. The van der Waals surface area contributed by atoms with Crippen molar-refractivity contribution < 1.29 is 62.8 Å². The number of thioether (sulfide) groups is 1. The summed E-state index contributed by atoms with van der Waals surface area (Å²) in [6, 6.07) is 5.14. The largest absolute Gasteiger partial charge is 1.00 e. The molecule has 4 heterocycles. The molecule has 3 aliphatic heterocycles. The van der Waals surface area contributed by atoms with Crippen molar-refractivity contribution in [2.45, 2.75) is 56.9 Å². The molecule has 2 fully saturated rings. The fourth-order valence-corrected chi connectivity index (χ4v) is 7.57. The molecule has 0 bridgehead atoms. The van der Waals surface area contributed by atoms with E-state index in [-0.39, 0.29) is 65.1 Å². The molecule has 6 atom stereocenters. The van der Waals surface area contributed by atoms with E-state index in [9.17, 15) is 34.7 Å². The van der Waals surface area contributed by atoms with E-state index in [4.69, 9.17) is 4.74 Å². The first-order chi connectivity index (χ1) is 19.5. The lowest BCUT2D eigenvalue weighted by Crippen LogP contribution is -3.00. The number of benzene rings is 1. The maximum Gasteiger partial charge on any atom is 0.410 e. The molecule has 226 valence electrons. The number of carbonyl (C=O) groups is 3. The molecule has 2 N–H and O–H groups in total. The minimum atomic E-state index is -1.19. The molecule has 2 saturated heterocycles. The summed E-state index contributed by atoms with van der Waals surface area (Å²) < 4.78 is 9.45. The standard InChI is InChI=1S/C27H31N5O8S.HI/c1-15-22-21(16(2)33)25(34)31(22)23(26(35)36)24(15)41-20-10-19(11-29-9-8-28(3)14-29)30(12-20)27(37)40-13-17-4-6-18(7-5-17)32(38)39;/h4-9,14-16,19-22,33H,10-13H2,1-3H3;1H/t15-,16-,19+,20+,21-,22-;/m1./s1. The third-order valence-electron chi connectivity index (χ3n) is 7.97. The molecule has 3 aliphatic rings. The van der Waals surface area contributed by atoms with E-state index in [0.717, 1.165) is 0 Å². The number of aliphatic hydroxyl groups is 1. The number of imidazole rings is 1. The van der Waals surface area contributed by atoms with Gasteiger partial charge in [-0.3, -0.25) is 14.9 Å². The zero-order chi connectivity index (χ0) is 29.6. The summed E-state index contributed by atoms with van der Waals surface area (Å²) in [6.07, 6.45) is 4.84. The summed E-state index contributed by atoms with van der Waals surface area (Å²) >= 11 is 1.38. The van der Waals surface area contributed by atoms with E-state index < -0.39 is 35.0 Å². The number of rotatable bonds is 9. The Kier molecular flexibility index (Phi) is 9.52. The molecule has 5 rings (SSSR count). The number of non-ortho nitro benzene ring substituents is 1. The van der Waals surface area contributed by atoms with Gasteiger partial charge in [-0.05, 0) is 31.0 Å². The van der Waals surface area contributed by atoms with Crippen molar-refractivity contribution in [1.82, 2.24) is 14.4 Å². The number of aromatic nitrogens is 2. The van der Waals surface area contributed by atoms with Crippen molar-refractivity contribution in [2.24, 2.45) is 18.9 Å². The molecule has 0 aliphatic carbocycles. The molecular weight excluding hydrogens is 681 g/mol. The maximum atomic E-state index is 13.3. The Hall–Kier alpha value is -3.18. The highest BCUT2D eigenvalue weighted by atomic mass is 127. The van der Waals surface area contributed by atoms with Gasteiger partial charge in [0.1, 0.15) is 31.2 Å². The summed E-state index contributed by atoms with van der Waals surface area (Å²) in [5.41, 5.74) is 0.519. The summed E-state index contributed by atoms with van der Waals surface area (Å²) in [6.45, 7) is 4.17. The molecular formula is C27H32IN5O8S. The Morgan fingerprint density at radius 1 is 1.29 bits per heavy atom. The van der Waals surface area contributed by atoms with Crippen molar-refractivity contribution in [2.75, 3.05) is 6.54 Å². The van der Waals surface area contributed by atoms with Gasteiger partial charge in [-0.25, -0.2) is 18.7 Å². The molecule has 1 aromatic heterocycles. The monoisotopic (exact) mass is 713 g/mol. The lowest BCUT2D eigenvalue weighted by molar-refractivity contribution is -0.700. The van der Waals surface area contributed by atoms with E-state index in [1.807, 2.05) is 41.8 Å². The summed E-state index contributed by atoms with van der Waals surface area (Å²) in [5.74, 6) is -2.48. The number of hydrogen-bond donors (Lipinski definition) is 2. The molecule has 2 amide bonds. The van der Waals surface area contributed by atoms with Crippen molar-refractivity contribution in [3.05, 3.63) is 69.3 Å². The third-order valence-corrected chi connectivity index (χ3v) is 9.46. The SMILES string of the molecule is C[C@@H](O)[C@H]1C(=O)N2C(C(=O)O)=C(S[C@H]3C[C@@H](C[n+]4ccn(C)c4)N(C(=O)OCc4ccc([N+](=O)[O-])cc4)C3)[C@H](C)[C@H]12.[I-]. The number of amides is 2. The lowest BCUT2D eigenvalue weighted by Gasteiger charge is -2.46. The van der Waals surface area contributed by atoms with E-state index >= 15 is 0 Å². The van der Waals surface area contributed by atoms with Crippen LogP contribution in [0, 0.1) is 22.0 Å². The Balaban J connectivity index is 0.00000405. The molecule has 13 nitrogen and oxygen atoms in total. The van der Waals surface area contributed by atoms with E-state index in [1.165, 1.54) is 40.9 Å². The van der Waals surface area contributed by atoms with Crippen LogP contribution >= 0.6 is 11.8 Å². The number of nitro benzene ring substituents is 1. The molecule has 2 aromatic rings. The summed E-state index contributed by atoms with van der Waals surface area (Å²) in [5, 5.41) is 30.9. The van der Waals surface area contributed by atoms with Crippen LogP contribution in [0.15, 0.2) is 53.6 Å². The first-order valence-electron chi connectivity index (χ1n) is 13.3. The van der Waals surface area contributed by atoms with E-state index in [0.29, 0.717) is 30.0 Å². The van der Waals surface area contributed by atoms with Crippen LogP contribution in [0.25, 0.3) is 0 Å². The first-order valence-corrected chi connectivity index (χ1v) is 14.2. The lowest BCUT2D eigenvalue weighted by atomic mass is 9.79. The predicted molar refractivity (Wildman–Crippen MR) is 145 cm³/mol. The number of halogens is 1. The quantitative estimate of drug-likeness (QED) is 0.108. The Bertz CT molecular complexity index is 1410. The van der Waals surface area contributed by atoms with Gasteiger partial charge in [0.15, 0.2) is 0 Å². The van der Waals surface area contributed by atoms with Crippen molar-refractivity contribution in [1.29, 1.82) is 0 Å². The van der Waals surface area contributed by atoms with Crippen molar-refractivity contribution >= 4 is 35.4 Å². The van der Waals surface area contributed by atoms with Crippen LogP contribution < -0.4 is 28.5 Å². The molecule has 0 unspecified atom stereocenters. The van der Waals surface area contributed by atoms with Gasteiger partial charge >= 0.3 is 12.1 Å². The molecule has 0 radical (unpaired) electrons. The zero-order valence-corrected chi connectivity index (χ0v) is 26.2. The van der Waals surface area contributed by atoms with Crippen LogP contribution in [0.1, 0.15) is 25.8 Å². The number of nitrogens with zero attached hydrogens (tertiary/aromatic N) is 5. The molecule has 0 spiro atoms. The summed E-state index contributed by atoms with van der Waals surface area (Å²) in [7, 11) is 1.90. The van der Waals surface area contributed by atoms with Crippen molar-refractivity contribution in [3.63, 3.8) is 0 Å². The van der Waals surface area contributed by atoms with E-state index in [1.54, 1.807) is 11.8 Å². The normalized spacial score (nSPS) is 25.5. The first kappa shape index (κ1) is 31.7. The Labute approximate surface area is 263 Å². The number of carboxylic acid groups (broad SMARTS) is 1. The molecule has 42 heavy (non-hydrogen) atoms. The van der Waals surface area contributed by atoms with Crippen LogP contribution in [0.4, 0.5) is 10.5 Å². The van der Waals surface area contributed by atoms with Crippen LogP contribution in [-0.4, -0.2) is 77.5 Å². The van der Waals surface area contributed by atoms with Gasteiger partial charge in [-0.1, -0.05) is 6.92 Å². The minimum Gasteiger partial charge on any atom is -1.00 e. The molecule has 15 heteroatoms. The molecule has 1 aromatic carbocycles. The van der Waals surface area contributed by atoms with Gasteiger partial charge in [-0.15, -0.1) is 11.8 Å². The van der Waals surface area contributed by atoms with Gasteiger partial charge in [0, 0.05) is 34.8 Å². The number of carboxylic acids is 1. The van der Waals surface area contributed by atoms with Gasteiger partial charge in [0.25, 0.3) is 5.69 Å². The second-order valence-corrected chi connectivity index (χ2v) is 12.1. The number of aliphatic hydroxyl groups excluding tert-OH is 1. The number of aryl methyl sites for hydroxylation is 1. The number of carbonyl (C=O) groups excluding carboxylic acids is 2. The Morgan fingerprint density at radius 2 is 1.98 bits per heavy atom. The number of hydrogen-bond acceptors (Lipinski definition) is 8. The smallest absolute Gasteiger partial charge is 0.410 e. The van der Waals surface area contributed by atoms with Crippen molar-refractivity contribution in [3.8, 4) is 0 Å². The Morgan fingerprint density at radius 3 is 2.55 bits per heavy atom. The topological polar surface area (TPSA) is 159 Å². The van der Waals surface area contributed by atoms with Crippen LogP contribution in [0.5, 0.6) is 0 Å². The predicted octanol–water partition coefficient (Wildman–Crippen LogP) is -1.11. The fraction of sp³-hybridized carbons (Fsp3) is 0.481. The second-order valence-electron chi connectivity index (χ2n) is 10.8. The average Bonchev–Trinajstić information content (AvgIpc) is 3.58. The van der Waals surface area contributed by atoms with Gasteiger partial charge in [-0.2, -0.15) is 0 Å². The highest BCUT2D eigenvalue weighted by Crippen LogP contribution is 2.52. The number of aliphatic carboxylic acids is 1. The van der Waals surface area contributed by atoms with Crippen LogP contribution in [-0.2, 0) is 34.5 Å². The van der Waals surface area contributed by atoms with Crippen LogP contribution in [0.3, 0.4) is 0 Å². The number of likely N-dealkylation sites (tertiary alicyclic amines) is 1. The number of ether oxygens (including phenoxy) is 1. The second kappa shape index (κ2) is 12.6. The van der Waals surface area contributed by atoms with E-state index in [2.05, 4.69) is 0 Å². The van der Waals surface area contributed by atoms with Gasteiger partial charge in [0.05, 0.1) is 36.1 Å². The van der Waals surface area contributed by atoms with Crippen LogP contribution in [0.2, 0.25) is 0 Å². The molecule has 0 saturated carbocycles. The number of fused-ring (bicyclic) bond motifs is 1. The van der Waals surface area contributed by atoms with Gasteiger partial charge < -0.3 is 48.7 Å². The number of nitro groups is 1. The third kappa shape index (κ3) is 5.99. The highest BCUT2D eigenvalue weighted by molar-refractivity contribution is 8.03. The van der Waals surface area contributed by atoms with Gasteiger partial charge in [0.2, 0.25) is 12.2 Å². The summed E-state index contributed by atoms with van der Waals surface area (Å²) in [4.78, 5) is 52.2. The fourth-order valence-electron chi connectivity index (χ4n) is 6.01.